The van der Waals surface area contributed by atoms with Gasteiger partial charge in [0, 0.05) is 18.1 Å². The average Bonchev–Trinajstić information content (AvgIpc) is 2.53. The Kier molecular flexibility index (Phi) is 6.57. The first-order valence-electron chi connectivity index (χ1n) is 8.75. The normalized spacial score (nSPS) is 23.7. The van der Waals surface area contributed by atoms with E-state index in [-0.39, 0.29) is 11.4 Å². The van der Waals surface area contributed by atoms with Crippen LogP contribution in [0.15, 0.2) is 24.3 Å². The molecule has 0 amide bonds. The first kappa shape index (κ1) is 18.4. The molecule has 1 aliphatic carbocycles. The van der Waals surface area contributed by atoms with Crippen molar-refractivity contribution in [3.63, 3.8) is 0 Å². The van der Waals surface area contributed by atoms with Crippen LogP contribution >= 0.6 is 0 Å². The quantitative estimate of drug-likeness (QED) is 0.721. The van der Waals surface area contributed by atoms with E-state index >= 15 is 0 Å². The topological polar surface area (TPSA) is 44.3 Å². The zero-order valence-electron chi connectivity index (χ0n) is 14.6. The van der Waals surface area contributed by atoms with Gasteiger partial charge in [-0.3, -0.25) is 0 Å². The summed E-state index contributed by atoms with van der Waals surface area (Å²) < 4.78 is 13.2. The zero-order chi connectivity index (χ0) is 16.9. The Bertz CT molecular complexity index is 484. The first-order chi connectivity index (χ1) is 10.9. The van der Waals surface area contributed by atoms with Gasteiger partial charge in [-0.25, -0.2) is 4.39 Å². The Morgan fingerprint density at radius 2 is 1.96 bits per heavy atom. The highest BCUT2D eigenvalue weighted by atomic mass is 19.1. The van der Waals surface area contributed by atoms with Crippen LogP contribution < -0.4 is 10.6 Å². The van der Waals surface area contributed by atoms with Gasteiger partial charge in [0.2, 0.25) is 0 Å². The van der Waals surface area contributed by atoms with Gasteiger partial charge in [0.15, 0.2) is 0 Å². The smallest absolute Gasteiger partial charge is 0.123 e. The molecule has 4 heteroatoms. The maximum Gasteiger partial charge on any atom is 0.123 e. The van der Waals surface area contributed by atoms with Gasteiger partial charge < -0.3 is 15.7 Å². The molecule has 130 valence electrons. The molecule has 23 heavy (non-hydrogen) atoms. The monoisotopic (exact) mass is 322 g/mol. The average molecular weight is 322 g/mol. The van der Waals surface area contributed by atoms with E-state index in [1.165, 1.54) is 37.8 Å². The predicted octanol–water partition coefficient (Wildman–Crippen LogP) is 3.40. The highest BCUT2D eigenvalue weighted by Crippen LogP contribution is 2.31. The van der Waals surface area contributed by atoms with Crippen LogP contribution in [0, 0.1) is 11.7 Å². The third-order valence-electron chi connectivity index (χ3n) is 5.06. The molecule has 0 aromatic heterocycles. The van der Waals surface area contributed by atoms with Gasteiger partial charge >= 0.3 is 0 Å². The maximum absolute atomic E-state index is 13.2. The number of rotatable bonds is 7. The molecule has 1 atom stereocenters. The van der Waals surface area contributed by atoms with Crippen molar-refractivity contribution in [1.82, 2.24) is 10.6 Å². The first-order valence-corrected chi connectivity index (χ1v) is 8.75. The summed E-state index contributed by atoms with van der Waals surface area (Å²) in [4.78, 5) is 0. The fraction of sp³-hybridized carbons (Fsp3) is 0.684. The lowest BCUT2D eigenvalue weighted by atomic mass is 9.79. The standard InChI is InChI=1S/C19H31FN2O/c1-19(2,12-14-7-9-17(21-3)10-8-14)22-13-18(23)15-5-4-6-16(20)11-15/h4-6,11,14,17-18,21-23H,7-10,12-13H2,1-3H3/t14?,17?,18-/m0/s1. The van der Waals surface area contributed by atoms with E-state index in [4.69, 9.17) is 0 Å². The third kappa shape index (κ3) is 5.87. The van der Waals surface area contributed by atoms with Crippen molar-refractivity contribution in [3.8, 4) is 0 Å². The number of aliphatic hydroxyl groups is 1. The second kappa shape index (κ2) is 8.22. The van der Waals surface area contributed by atoms with Crippen LogP contribution in [0.25, 0.3) is 0 Å². The van der Waals surface area contributed by atoms with E-state index in [9.17, 15) is 9.50 Å². The van der Waals surface area contributed by atoms with E-state index < -0.39 is 6.10 Å². The highest BCUT2D eigenvalue weighted by molar-refractivity contribution is 5.19. The summed E-state index contributed by atoms with van der Waals surface area (Å²) in [5.74, 6) is 0.440. The number of benzene rings is 1. The number of β-amino-alcohol motifs (C(OH)–C–C–N with tert-alkyl or cyclic N) is 1. The van der Waals surface area contributed by atoms with Crippen LogP contribution in [0.2, 0.25) is 0 Å². The number of hydrogen-bond acceptors (Lipinski definition) is 3. The highest BCUT2D eigenvalue weighted by Gasteiger charge is 2.27. The summed E-state index contributed by atoms with van der Waals surface area (Å²) in [5, 5.41) is 17.1. The van der Waals surface area contributed by atoms with Gasteiger partial charge in [-0.15, -0.1) is 0 Å². The van der Waals surface area contributed by atoms with Gasteiger partial charge in [-0.2, -0.15) is 0 Å². The van der Waals surface area contributed by atoms with Crippen molar-refractivity contribution in [2.45, 2.75) is 63.6 Å². The minimum Gasteiger partial charge on any atom is -0.387 e. The molecule has 0 aliphatic heterocycles. The predicted molar refractivity (Wildman–Crippen MR) is 92.9 cm³/mol. The number of aliphatic hydroxyl groups excluding tert-OH is 1. The SMILES string of the molecule is CNC1CCC(CC(C)(C)NC[C@H](O)c2cccc(F)c2)CC1. The van der Waals surface area contributed by atoms with Gasteiger partial charge in [-0.1, -0.05) is 12.1 Å². The number of hydrogen-bond donors (Lipinski definition) is 3. The molecular weight excluding hydrogens is 291 g/mol. The van der Waals surface area contributed by atoms with E-state index in [2.05, 4.69) is 24.5 Å². The second-order valence-electron chi connectivity index (χ2n) is 7.55. The van der Waals surface area contributed by atoms with E-state index in [0.717, 1.165) is 12.3 Å². The van der Waals surface area contributed by atoms with Crippen LogP contribution in [0.3, 0.4) is 0 Å². The van der Waals surface area contributed by atoms with Crippen LogP contribution in [-0.4, -0.2) is 30.3 Å². The van der Waals surface area contributed by atoms with Crippen molar-refractivity contribution >= 4 is 0 Å². The number of nitrogens with one attached hydrogen (secondary N) is 2. The largest absolute Gasteiger partial charge is 0.387 e. The Balaban J connectivity index is 1.79. The van der Waals surface area contributed by atoms with Crippen LogP contribution in [0.5, 0.6) is 0 Å². The molecule has 0 spiro atoms. The van der Waals surface area contributed by atoms with Gasteiger partial charge in [-0.05, 0) is 76.6 Å². The zero-order valence-corrected chi connectivity index (χ0v) is 14.6. The summed E-state index contributed by atoms with van der Waals surface area (Å²) in [6.07, 6.45) is 5.47. The summed E-state index contributed by atoms with van der Waals surface area (Å²) in [6, 6.07) is 6.88. The van der Waals surface area contributed by atoms with E-state index in [0.29, 0.717) is 18.2 Å². The fourth-order valence-electron chi connectivity index (χ4n) is 3.65. The maximum atomic E-state index is 13.2. The van der Waals surface area contributed by atoms with Crippen LogP contribution in [0.1, 0.15) is 57.6 Å². The van der Waals surface area contributed by atoms with Crippen LogP contribution in [0.4, 0.5) is 4.39 Å². The van der Waals surface area contributed by atoms with Crippen molar-refractivity contribution in [1.29, 1.82) is 0 Å². The molecular formula is C19H31FN2O. The van der Waals surface area contributed by atoms with Gasteiger partial charge in [0.1, 0.15) is 5.82 Å². The molecule has 0 saturated heterocycles. The molecule has 3 N–H and O–H groups in total. The molecule has 0 heterocycles. The minimum absolute atomic E-state index is 0.0224. The van der Waals surface area contributed by atoms with Crippen molar-refractivity contribution < 1.29 is 9.50 Å². The van der Waals surface area contributed by atoms with Gasteiger partial charge in [0.25, 0.3) is 0 Å². The molecule has 1 fully saturated rings. The molecule has 0 bridgehead atoms. The van der Waals surface area contributed by atoms with Crippen molar-refractivity contribution in [3.05, 3.63) is 35.6 Å². The minimum atomic E-state index is -0.676. The lowest BCUT2D eigenvalue weighted by Gasteiger charge is -2.35. The Hall–Kier alpha value is -0.970. The van der Waals surface area contributed by atoms with E-state index in [1.807, 2.05) is 7.05 Å². The molecule has 3 nitrogen and oxygen atoms in total. The summed E-state index contributed by atoms with van der Waals surface area (Å²) in [5.41, 5.74) is 0.605. The van der Waals surface area contributed by atoms with Gasteiger partial charge in [0.05, 0.1) is 6.10 Å². The lowest BCUT2D eigenvalue weighted by molar-refractivity contribution is 0.149. The van der Waals surface area contributed by atoms with Crippen molar-refractivity contribution in [2.75, 3.05) is 13.6 Å². The molecule has 0 radical (unpaired) electrons. The number of halogens is 1. The fourth-order valence-corrected chi connectivity index (χ4v) is 3.65. The Morgan fingerprint density at radius 1 is 1.26 bits per heavy atom. The molecule has 1 saturated carbocycles. The molecule has 1 aromatic carbocycles. The molecule has 2 rings (SSSR count). The van der Waals surface area contributed by atoms with Crippen molar-refractivity contribution in [2.24, 2.45) is 5.92 Å². The Morgan fingerprint density at radius 3 is 2.57 bits per heavy atom. The summed E-state index contributed by atoms with van der Waals surface area (Å²) in [7, 11) is 2.05. The summed E-state index contributed by atoms with van der Waals surface area (Å²) >= 11 is 0. The molecule has 1 aromatic rings. The van der Waals surface area contributed by atoms with Crippen LogP contribution in [-0.2, 0) is 0 Å². The van der Waals surface area contributed by atoms with E-state index in [1.54, 1.807) is 12.1 Å². The lowest BCUT2D eigenvalue weighted by Crippen LogP contribution is -2.44. The Labute approximate surface area is 139 Å². The molecule has 1 aliphatic rings. The molecule has 0 unspecified atom stereocenters. The second-order valence-corrected chi connectivity index (χ2v) is 7.55. The summed E-state index contributed by atoms with van der Waals surface area (Å²) in [6.45, 7) is 4.83. The third-order valence-corrected chi connectivity index (χ3v) is 5.06.